The lowest BCUT2D eigenvalue weighted by Crippen LogP contribution is -2.49. The Labute approximate surface area is 233 Å². The molecule has 0 saturated carbocycles. The summed E-state index contributed by atoms with van der Waals surface area (Å²) in [5, 5.41) is 16.7. The van der Waals surface area contributed by atoms with Gasteiger partial charge in [-0.05, 0) is 44.5 Å². The van der Waals surface area contributed by atoms with Gasteiger partial charge in [-0.2, -0.15) is 4.80 Å². The van der Waals surface area contributed by atoms with Gasteiger partial charge in [0.25, 0.3) is 0 Å². The number of amides is 2. The molecule has 0 bridgehead atoms. The first-order valence-corrected chi connectivity index (χ1v) is 13.2. The molecule has 0 spiro atoms. The fourth-order valence-electron chi connectivity index (χ4n) is 4.65. The van der Waals surface area contributed by atoms with Gasteiger partial charge in [0.2, 0.25) is 17.6 Å². The highest BCUT2D eigenvalue weighted by Crippen LogP contribution is 2.31. The number of aryl methyl sites for hydroxylation is 1. The zero-order valence-corrected chi connectivity index (χ0v) is 23.1. The van der Waals surface area contributed by atoms with Crippen LogP contribution in [0.2, 0.25) is 0 Å². The van der Waals surface area contributed by atoms with E-state index in [0.29, 0.717) is 11.4 Å². The van der Waals surface area contributed by atoms with E-state index >= 15 is 0 Å². The number of hydrogen-bond acceptors (Lipinski definition) is 5. The van der Waals surface area contributed by atoms with Crippen LogP contribution in [0.4, 0.5) is 0 Å². The van der Waals surface area contributed by atoms with Crippen LogP contribution in [0.5, 0.6) is 0 Å². The molecule has 0 aliphatic carbocycles. The summed E-state index contributed by atoms with van der Waals surface area (Å²) in [6, 6.07) is 24.3. The van der Waals surface area contributed by atoms with Crippen molar-refractivity contribution >= 4 is 22.7 Å². The lowest BCUT2D eigenvalue weighted by Gasteiger charge is -2.33. The SMILES string of the molecule is Cc1ccc(-c2nnn(CC(=O)N(Cc3ccccc3)C(C(=O)NC(C)(C)C)c3c[nH]c4ccccc34)n2)cc1. The Morgan fingerprint density at radius 3 is 2.40 bits per heavy atom. The molecule has 9 heteroatoms. The molecule has 2 aromatic heterocycles. The maximum atomic E-state index is 14.1. The van der Waals surface area contributed by atoms with Crippen LogP contribution in [0.15, 0.2) is 85.1 Å². The molecule has 0 saturated heterocycles. The Morgan fingerprint density at radius 2 is 1.68 bits per heavy atom. The third kappa shape index (κ3) is 6.09. The van der Waals surface area contributed by atoms with Gasteiger partial charge in [0, 0.05) is 40.3 Å². The molecule has 40 heavy (non-hydrogen) atoms. The highest BCUT2D eigenvalue weighted by molar-refractivity contribution is 5.94. The van der Waals surface area contributed by atoms with Crippen molar-refractivity contribution in [3.05, 3.63) is 102 Å². The molecule has 2 amide bonds. The van der Waals surface area contributed by atoms with Gasteiger partial charge in [0.05, 0.1) is 0 Å². The smallest absolute Gasteiger partial charge is 0.247 e. The van der Waals surface area contributed by atoms with Crippen molar-refractivity contribution in [2.45, 2.75) is 52.4 Å². The molecular formula is C31H33N7O2. The minimum atomic E-state index is -0.900. The van der Waals surface area contributed by atoms with E-state index < -0.39 is 11.6 Å². The summed E-state index contributed by atoms with van der Waals surface area (Å²) in [6.07, 6.45) is 1.81. The second-order valence-electron chi connectivity index (χ2n) is 10.9. The van der Waals surface area contributed by atoms with Crippen molar-refractivity contribution in [2.24, 2.45) is 0 Å². The van der Waals surface area contributed by atoms with Gasteiger partial charge in [-0.25, -0.2) is 0 Å². The predicted molar refractivity (Wildman–Crippen MR) is 154 cm³/mol. The van der Waals surface area contributed by atoms with Crippen LogP contribution in [0.25, 0.3) is 22.3 Å². The number of nitrogens with zero attached hydrogens (tertiary/aromatic N) is 5. The summed E-state index contributed by atoms with van der Waals surface area (Å²) >= 11 is 0. The molecule has 1 atom stereocenters. The number of aromatic nitrogens is 5. The second-order valence-corrected chi connectivity index (χ2v) is 10.9. The largest absolute Gasteiger partial charge is 0.361 e. The van der Waals surface area contributed by atoms with Gasteiger partial charge < -0.3 is 15.2 Å². The van der Waals surface area contributed by atoms with E-state index in [4.69, 9.17) is 0 Å². The van der Waals surface area contributed by atoms with E-state index in [1.807, 2.05) is 113 Å². The van der Waals surface area contributed by atoms with E-state index in [9.17, 15) is 9.59 Å². The van der Waals surface area contributed by atoms with Gasteiger partial charge >= 0.3 is 0 Å². The lowest BCUT2D eigenvalue weighted by atomic mass is 10.00. The standard InChI is InChI=1S/C31H33N7O2/c1-21-14-16-23(17-15-21)29-34-36-38(35-29)20-27(39)37(19-22-10-6-5-7-11-22)28(30(40)33-31(2,3)4)25-18-32-26-13-9-8-12-24(25)26/h5-18,28,32H,19-20H2,1-4H3,(H,33,40). The van der Waals surface area contributed by atoms with Crippen molar-refractivity contribution < 1.29 is 9.59 Å². The number of rotatable bonds is 8. The average Bonchev–Trinajstić information content (AvgIpc) is 3.56. The van der Waals surface area contributed by atoms with Crippen molar-refractivity contribution in [3.8, 4) is 11.4 Å². The molecule has 2 N–H and O–H groups in total. The summed E-state index contributed by atoms with van der Waals surface area (Å²) < 4.78 is 0. The number of H-pyrrole nitrogens is 1. The fraction of sp³-hybridized carbons (Fsp3) is 0.258. The van der Waals surface area contributed by atoms with E-state index in [1.54, 1.807) is 4.90 Å². The minimum absolute atomic E-state index is 0.173. The molecule has 5 aromatic rings. The Kier molecular flexibility index (Phi) is 7.46. The first-order chi connectivity index (χ1) is 19.2. The van der Waals surface area contributed by atoms with Crippen molar-refractivity contribution in [2.75, 3.05) is 0 Å². The summed E-state index contributed by atoms with van der Waals surface area (Å²) in [5.41, 5.74) is 3.94. The first-order valence-electron chi connectivity index (χ1n) is 13.2. The highest BCUT2D eigenvalue weighted by atomic mass is 16.2. The monoisotopic (exact) mass is 535 g/mol. The Morgan fingerprint density at radius 1 is 0.975 bits per heavy atom. The summed E-state index contributed by atoms with van der Waals surface area (Å²) in [4.78, 5) is 34.1. The number of nitrogens with one attached hydrogen (secondary N) is 2. The molecule has 0 aliphatic heterocycles. The highest BCUT2D eigenvalue weighted by Gasteiger charge is 2.35. The van der Waals surface area contributed by atoms with E-state index in [2.05, 4.69) is 25.7 Å². The van der Waals surface area contributed by atoms with Crippen LogP contribution in [0.3, 0.4) is 0 Å². The van der Waals surface area contributed by atoms with Crippen LogP contribution >= 0.6 is 0 Å². The molecule has 0 aliphatic rings. The molecule has 0 fully saturated rings. The van der Waals surface area contributed by atoms with Gasteiger partial charge in [-0.1, -0.05) is 78.4 Å². The maximum Gasteiger partial charge on any atom is 0.247 e. The number of carbonyl (C=O) groups excluding carboxylic acids is 2. The summed E-state index contributed by atoms with van der Waals surface area (Å²) in [5.74, 6) is -0.148. The third-order valence-electron chi connectivity index (χ3n) is 6.53. The zero-order valence-electron chi connectivity index (χ0n) is 23.1. The van der Waals surface area contributed by atoms with Crippen LogP contribution in [-0.2, 0) is 22.7 Å². The quantitative estimate of drug-likeness (QED) is 0.296. The Balaban J connectivity index is 1.53. The van der Waals surface area contributed by atoms with Crippen LogP contribution in [0, 0.1) is 6.92 Å². The number of benzene rings is 3. The normalized spacial score (nSPS) is 12.3. The summed E-state index contributed by atoms with van der Waals surface area (Å²) in [6.45, 7) is 7.83. The van der Waals surface area contributed by atoms with Crippen LogP contribution in [0.1, 0.15) is 43.5 Å². The van der Waals surface area contributed by atoms with Gasteiger partial charge in [-0.3, -0.25) is 9.59 Å². The fourth-order valence-corrected chi connectivity index (χ4v) is 4.65. The third-order valence-corrected chi connectivity index (χ3v) is 6.53. The Bertz CT molecular complexity index is 1620. The number of para-hydroxylation sites is 1. The molecular weight excluding hydrogens is 502 g/mol. The number of hydrogen-bond donors (Lipinski definition) is 2. The topological polar surface area (TPSA) is 109 Å². The first kappa shape index (κ1) is 26.8. The number of fused-ring (bicyclic) bond motifs is 1. The van der Waals surface area contributed by atoms with Crippen molar-refractivity contribution in [1.82, 2.24) is 35.4 Å². The van der Waals surface area contributed by atoms with Crippen molar-refractivity contribution in [1.29, 1.82) is 0 Å². The van der Waals surface area contributed by atoms with Gasteiger partial charge in [0.15, 0.2) is 0 Å². The molecule has 5 rings (SSSR count). The van der Waals surface area contributed by atoms with Crippen LogP contribution in [-0.4, -0.2) is 47.4 Å². The average molecular weight is 536 g/mol. The molecule has 0 radical (unpaired) electrons. The molecule has 204 valence electrons. The zero-order chi connectivity index (χ0) is 28.3. The maximum absolute atomic E-state index is 14.1. The molecule has 9 nitrogen and oxygen atoms in total. The minimum Gasteiger partial charge on any atom is -0.361 e. The molecule has 1 unspecified atom stereocenters. The molecule has 2 heterocycles. The number of carbonyl (C=O) groups is 2. The predicted octanol–water partition coefficient (Wildman–Crippen LogP) is 4.81. The van der Waals surface area contributed by atoms with E-state index in [0.717, 1.165) is 27.6 Å². The Hall–Kier alpha value is -4.79. The second kappa shape index (κ2) is 11.1. The molecule has 3 aromatic carbocycles. The van der Waals surface area contributed by atoms with E-state index in [-0.39, 0.29) is 24.9 Å². The lowest BCUT2D eigenvalue weighted by molar-refractivity contribution is -0.143. The summed E-state index contributed by atoms with van der Waals surface area (Å²) in [7, 11) is 0. The van der Waals surface area contributed by atoms with Crippen LogP contribution < -0.4 is 5.32 Å². The van der Waals surface area contributed by atoms with Gasteiger partial charge in [0.1, 0.15) is 12.6 Å². The van der Waals surface area contributed by atoms with Crippen molar-refractivity contribution in [3.63, 3.8) is 0 Å². The number of tetrazole rings is 1. The van der Waals surface area contributed by atoms with Gasteiger partial charge in [-0.15, -0.1) is 10.2 Å². The van der Waals surface area contributed by atoms with E-state index in [1.165, 1.54) is 4.80 Å². The number of aromatic amines is 1.